The van der Waals surface area contributed by atoms with Gasteiger partial charge in [0.1, 0.15) is 6.10 Å². The second-order valence-corrected chi connectivity index (χ2v) is 11.4. The number of rotatable bonds is 5. The molecule has 0 spiro atoms. The van der Waals surface area contributed by atoms with E-state index in [4.69, 9.17) is 21.7 Å². The summed E-state index contributed by atoms with van der Waals surface area (Å²) in [5, 5.41) is 0. The Balaban J connectivity index is 1.83. The van der Waals surface area contributed by atoms with Crippen molar-refractivity contribution in [3.8, 4) is 0 Å². The molecule has 4 nitrogen and oxygen atoms in total. The summed E-state index contributed by atoms with van der Waals surface area (Å²) >= 11 is 2.82. The zero-order chi connectivity index (χ0) is 12.3. The molecule has 0 aromatic rings. The molecule has 3 atom stereocenters. The van der Waals surface area contributed by atoms with E-state index in [0.717, 1.165) is 17.9 Å². The molecule has 3 radical (unpaired) electrons. The molecule has 0 unspecified atom stereocenters. The van der Waals surface area contributed by atoms with Crippen molar-refractivity contribution in [2.75, 3.05) is 25.2 Å². The van der Waals surface area contributed by atoms with Crippen LogP contribution in [0.15, 0.2) is 0 Å². The van der Waals surface area contributed by atoms with E-state index < -0.39 is 5.77 Å². The predicted octanol–water partition coefficient (Wildman–Crippen LogP) is 1.51. The Labute approximate surface area is 112 Å². The van der Waals surface area contributed by atoms with Gasteiger partial charge in [0.15, 0.2) is 0 Å². The van der Waals surface area contributed by atoms with Crippen LogP contribution in [-0.4, -0.2) is 58.3 Å². The number of hydrogen-bond acceptors (Lipinski definition) is 6. The largest absolute Gasteiger partial charge is 0.380 e. The highest BCUT2D eigenvalue weighted by Crippen LogP contribution is 2.74. The van der Waals surface area contributed by atoms with Crippen LogP contribution in [0.1, 0.15) is 6.42 Å². The van der Waals surface area contributed by atoms with Gasteiger partial charge in [-0.2, -0.15) is 0 Å². The molecule has 2 aliphatic heterocycles. The Morgan fingerprint density at radius 1 is 1.53 bits per heavy atom. The minimum atomic E-state index is -2.53. The summed E-state index contributed by atoms with van der Waals surface area (Å²) in [7, 11) is 8.61. The van der Waals surface area contributed by atoms with E-state index in [1.165, 1.54) is 29.9 Å². The smallest absolute Gasteiger partial charge is 0.313 e. The molecule has 0 saturated carbocycles. The van der Waals surface area contributed by atoms with Crippen LogP contribution in [0, 0.1) is 0 Å². The summed E-state index contributed by atoms with van der Waals surface area (Å²) < 4.78 is 28.6. The van der Waals surface area contributed by atoms with E-state index in [-0.39, 0.29) is 18.2 Å². The molecule has 93 valence electrons. The minimum Gasteiger partial charge on any atom is -0.380 e. The fourth-order valence-corrected chi connectivity index (χ4v) is 9.17. The third-order valence-electron chi connectivity index (χ3n) is 2.73. The molecule has 0 amide bonds. The van der Waals surface area contributed by atoms with Crippen LogP contribution in [0.2, 0.25) is 0 Å². The third kappa shape index (κ3) is 3.71. The van der Waals surface area contributed by atoms with Gasteiger partial charge in [0.2, 0.25) is 0 Å². The Hall–Kier alpha value is 0.940. The summed E-state index contributed by atoms with van der Waals surface area (Å²) in [6.07, 6.45) is 0.507. The normalized spacial score (nSPS) is 36.2. The lowest BCUT2D eigenvalue weighted by atomic mass is 9.51. The van der Waals surface area contributed by atoms with Crippen LogP contribution in [0.4, 0.5) is 0 Å². The SMILES string of the molecule is [B][B][C@H]1C[C@@H](OC)[C@@H](COP2(=O)SCCS2)O1. The first-order valence-corrected chi connectivity index (χ1v) is 10.2. The molecule has 0 aromatic heterocycles. The average molecular weight is 291 g/mol. The zero-order valence-electron chi connectivity index (χ0n) is 9.61. The maximum atomic E-state index is 12.1. The number of ether oxygens (including phenoxy) is 2. The van der Waals surface area contributed by atoms with Crippen molar-refractivity contribution < 1.29 is 18.6 Å². The standard InChI is InChI=1S/C8H14B2O4PS2/c1-12-6-4-8(10-9)14-7(6)5-13-15(11)16-2-3-17-15/h6-8H,2-5H2,1H3/t6-,7-,8-/m1/s1. The van der Waals surface area contributed by atoms with Gasteiger partial charge in [0.25, 0.3) is 0 Å². The Bertz CT molecular complexity index is 299. The fourth-order valence-electron chi connectivity index (χ4n) is 1.84. The van der Waals surface area contributed by atoms with Gasteiger partial charge in [-0.05, 0) is 6.42 Å². The summed E-state index contributed by atoms with van der Waals surface area (Å²) in [5.41, 5.74) is 0. The summed E-state index contributed by atoms with van der Waals surface area (Å²) in [5.74, 6) is -0.753. The fraction of sp³-hybridized carbons (Fsp3) is 1.00. The monoisotopic (exact) mass is 291 g/mol. The number of hydrogen-bond donors (Lipinski definition) is 0. The Morgan fingerprint density at radius 3 is 2.82 bits per heavy atom. The van der Waals surface area contributed by atoms with Gasteiger partial charge in [-0.1, -0.05) is 22.8 Å². The van der Waals surface area contributed by atoms with E-state index in [0.29, 0.717) is 6.61 Å². The van der Waals surface area contributed by atoms with Gasteiger partial charge in [0, 0.05) is 32.4 Å². The molecule has 2 aliphatic rings. The van der Waals surface area contributed by atoms with E-state index in [2.05, 4.69) is 0 Å². The Kier molecular flexibility index (Phi) is 5.40. The molecule has 2 fully saturated rings. The summed E-state index contributed by atoms with van der Waals surface area (Å²) in [4.78, 5) is 0. The summed E-state index contributed by atoms with van der Waals surface area (Å²) in [6, 6.07) is -0.0987. The molecule has 2 heterocycles. The van der Waals surface area contributed by atoms with Crippen molar-refractivity contribution in [1.82, 2.24) is 0 Å². The van der Waals surface area contributed by atoms with Gasteiger partial charge < -0.3 is 14.0 Å². The van der Waals surface area contributed by atoms with Crippen LogP contribution in [0.3, 0.4) is 0 Å². The first-order chi connectivity index (χ1) is 8.17. The minimum absolute atomic E-state index is 0.0380. The van der Waals surface area contributed by atoms with Crippen LogP contribution < -0.4 is 0 Å². The van der Waals surface area contributed by atoms with E-state index >= 15 is 0 Å². The van der Waals surface area contributed by atoms with Gasteiger partial charge in [-0.3, -0.25) is 4.57 Å². The topological polar surface area (TPSA) is 44.8 Å². The lowest BCUT2D eigenvalue weighted by molar-refractivity contribution is -0.0131. The van der Waals surface area contributed by atoms with Crippen molar-refractivity contribution in [3.63, 3.8) is 0 Å². The van der Waals surface area contributed by atoms with E-state index in [9.17, 15) is 4.57 Å². The predicted molar refractivity (Wildman–Crippen MR) is 74.1 cm³/mol. The highest BCUT2D eigenvalue weighted by atomic mass is 33.1. The van der Waals surface area contributed by atoms with Crippen molar-refractivity contribution in [2.24, 2.45) is 0 Å². The van der Waals surface area contributed by atoms with E-state index in [1.807, 2.05) is 0 Å². The van der Waals surface area contributed by atoms with Gasteiger partial charge in [-0.15, -0.1) is 0 Å². The molecule has 2 saturated heterocycles. The molecule has 0 aromatic carbocycles. The van der Waals surface area contributed by atoms with Gasteiger partial charge >= 0.3 is 5.77 Å². The molecule has 2 rings (SSSR count). The van der Waals surface area contributed by atoms with Gasteiger partial charge in [0.05, 0.1) is 19.9 Å². The maximum absolute atomic E-state index is 12.1. The molecule has 9 heteroatoms. The second-order valence-electron chi connectivity index (χ2n) is 3.82. The quantitative estimate of drug-likeness (QED) is 0.565. The van der Waals surface area contributed by atoms with E-state index in [1.54, 1.807) is 7.11 Å². The average Bonchev–Trinajstić information content (AvgIpc) is 2.93. The van der Waals surface area contributed by atoms with Crippen molar-refractivity contribution in [3.05, 3.63) is 0 Å². The molecule has 0 aliphatic carbocycles. The zero-order valence-corrected chi connectivity index (χ0v) is 12.1. The van der Waals surface area contributed by atoms with Crippen LogP contribution in [0.25, 0.3) is 0 Å². The van der Waals surface area contributed by atoms with Crippen LogP contribution in [0.5, 0.6) is 0 Å². The molecular formula is C8H14B2O4PS2. The van der Waals surface area contributed by atoms with Gasteiger partial charge in [-0.25, -0.2) is 0 Å². The molecule has 17 heavy (non-hydrogen) atoms. The highest BCUT2D eigenvalue weighted by molar-refractivity contribution is 8.90. The van der Waals surface area contributed by atoms with Crippen molar-refractivity contribution in [1.29, 1.82) is 0 Å². The maximum Gasteiger partial charge on any atom is 0.313 e. The van der Waals surface area contributed by atoms with Crippen molar-refractivity contribution >= 4 is 43.4 Å². The molecule has 0 bridgehead atoms. The molecule has 0 N–H and O–H groups in total. The Morgan fingerprint density at radius 2 is 2.24 bits per heavy atom. The summed E-state index contributed by atoms with van der Waals surface area (Å²) in [6.45, 7) is 0.306. The van der Waals surface area contributed by atoms with Crippen LogP contribution >= 0.6 is 28.5 Å². The van der Waals surface area contributed by atoms with Crippen LogP contribution in [-0.2, 0) is 18.6 Å². The first kappa shape index (κ1) is 14.4. The lowest BCUT2D eigenvalue weighted by Gasteiger charge is -2.19. The highest BCUT2D eigenvalue weighted by Gasteiger charge is 2.37. The third-order valence-corrected chi connectivity index (χ3v) is 10.4. The first-order valence-electron chi connectivity index (χ1n) is 5.44. The van der Waals surface area contributed by atoms with Crippen molar-refractivity contribution in [2.45, 2.75) is 24.6 Å². The second kappa shape index (κ2) is 6.40. The number of methoxy groups -OCH3 is 1. The molecular weight excluding hydrogens is 277 g/mol. The lowest BCUT2D eigenvalue weighted by Crippen LogP contribution is -2.27.